The van der Waals surface area contributed by atoms with Crippen molar-refractivity contribution in [3.8, 4) is 0 Å². The maximum atomic E-state index is 11.9. The fraction of sp³-hybridized carbons (Fsp3) is 0.438. The van der Waals surface area contributed by atoms with Gasteiger partial charge in [-0.15, -0.1) is 0 Å². The van der Waals surface area contributed by atoms with E-state index in [0.29, 0.717) is 5.56 Å². The van der Waals surface area contributed by atoms with Gasteiger partial charge in [0.25, 0.3) is 0 Å². The van der Waals surface area contributed by atoms with Gasteiger partial charge in [0.1, 0.15) is 12.0 Å². The lowest BCUT2D eigenvalue weighted by Gasteiger charge is -2.10. The molecule has 0 saturated heterocycles. The highest BCUT2D eigenvalue weighted by atomic mass is 16.6. The van der Waals surface area contributed by atoms with E-state index < -0.39 is 42.0 Å². The predicted octanol–water partition coefficient (Wildman–Crippen LogP) is 0.614. The first-order chi connectivity index (χ1) is 11.0. The lowest BCUT2D eigenvalue weighted by molar-refractivity contribution is -0.168. The minimum Gasteiger partial charge on any atom is -0.466 e. The van der Waals surface area contributed by atoms with Crippen molar-refractivity contribution < 1.29 is 33.7 Å². The highest BCUT2D eigenvalue weighted by Gasteiger charge is 2.62. The smallest absolute Gasteiger partial charge is 0.417 e. The van der Waals surface area contributed by atoms with Crippen molar-refractivity contribution >= 4 is 17.9 Å². The van der Waals surface area contributed by atoms with Crippen LogP contribution in [0, 0.1) is 11.8 Å². The summed E-state index contributed by atoms with van der Waals surface area (Å²) in [4.78, 5) is 34.6. The molecular weight excluding hydrogens is 304 g/mol. The van der Waals surface area contributed by atoms with E-state index in [1.165, 1.54) is 0 Å². The summed E-state index contributed by atoms with van der Waals surface area (Å²) in [5.74, 6) is -4.40. The first-order valence-electron chi connectivity index (χ1n) is 7.19. The number of ether oxygens (including phenoxy) is 3. The van der Waals surface area contributed by atoms with Crippen molar-refractivity contribution in [2.75, 3.05) is 13.7 Å². The number of carbonyl (C=O) groups is 3. The molecular formula is C16H18O7. The molecule has 1 aromatic rings. The zero-order valence-electron chi connectivity index (χ0n) is 12.8. The quantitative estimate of drug-likeness (QED) is 0.482. The highest BCUT2D eigenvalue weighted by molar-refractivity contribution is 6.29. The molecule has 124 valence electrons. The summed E-state index contributed by atoms with van der Waals surface area (Å²) in [6.45, 7) is 1.82. The molecule has 0 aromatic heterocycles. The van der Waals surface area contributed by atoms with E-state index in [-0.39, 0.29) is 6.61 Å². The Bertz CT molecular complexity index is 583. The molecule has 1 aliphatic carbocycles. The molecule has 0 aliphatic heterocycles. The first-order valence-corrected chi connectivity index (χ1v) is 7.19. The number of aliphatic hydroxyl groups excluding tert-OH is 1. The number of aliphatic hydroxyl groups is 1. The number of benzene rings is 1. The SMILES string of the molecule is CCOC(=O)[C@@H]1[C@@H](OC(=O)C(=O)OC)[C@H]1[C@@H](O)c1ccccc1. The number of rotatable bonds is 5. The van der Waals surface area contributed by atoms with Gasteiger partial charge in [-0.2, -0.15) is 0 Å². The van der Waals surface area contributed by atoms with Crippen LogP contribution < -0.4 is 0 Å². The van der Waals surface area contributed by atoms with Gasteiger partial charge >= 0.3 is 17.9 Å². The van der Waals surface area contributed by atoms with Crippen LogP contribution >= 0.6 is 0 Å². The van der Waals surface area contributed by atoms with Crippen molar-refractivity contribution in [3.63, 3.8) is 0 Å². The van der Waals surface area contributed by atoms with Crippen molar-refractivity contribution in [2.45, 2.75) is 19.1 Å². The lowest BCUT2D eigenvalue weighted by atomic mass is 10.0. The standard InChI is InChI=1S/C16H18O7/c1-3-22-14(18)11-10(12(17)9-7-5-4-6-8-9)13(11)23-16(20)15(19)21-2/h4-8,10-13,17H,3H2,1-2H3/t10-,11+,12+,13+/m1/s1. The molecule has 1 fully saturated rings. The summed E-state index contributed by atoms with van der Waals surface area (Å²) < 4.78 is 14.2. The molecule has 0 radical (unpaired) electrons. The molecule has 4 atom stereocenters. The molecule has 23 heavy (non-hydrogen) atoms. The van der Waals surface area contributed by atoms with E-state index in [9.17, 15) is 19.5 Å². The molecule has 0 bridgehead atoms. The van der Waals surface area contributed by atoms with E-state index in [2.05, 4.69) is 4.74 Å². The third-order valence-corrected chi connectivity index (χ3v) is 3.67. The topological polar surface area (TPSA) is 99.1 Å². The van der Waals surface area contributed by atoms with Crippen LogP contribution in [0.25, 0.3) is 0 Å². The summed E-state index contributed by atoms with van der Waals surface area (Å²) >= 11 is 0. The Morgan fingerprint density at radius 1 is 1.17 bits per heavy atom. The van der Waals surface area contributed by atoms with Crippen molar-refractivity contribution in [2.24, 2.45) is 11.8 Å². The largest absolute Gasteiger partial charge is 0.466 e. The minimum atomic E-state index is -1.20. The predicted molar refractivity (Wildman–Crippen MR) is 76.9 cm³/mol. The van der Waals surface area contributed by atoms with E-state index >= 15 is 0 Å². The number of esters is 3. The Labute approximate surface area is 133 Å². The fourth-order valence-corrected chi connectivity index (χ4v) is 2.49. The van der Waals surface area contributed by atoms with Gasteiger partial charge in [-0.3, -0.25) is 4.79 Å². The van der Waals surface area contributed by atoms with E-state index in [1.54, 1.807) is 37.3 Å². The zero-order chi connectivity index (χ0) is 17.0. The second-order valence-electron chi connectivity index (χ2n) is 5.07. The normalized spacial score (nSPS) is 23.5. The van der Waals surface area contributed by atoms with Crippen LogP contribution in [-0.2, 0) is 28.6 Å². The van der Waals surface area contributed by atoms with Crippen LogP contribution in [0.3, 0.4) is 0 Å². The number of hydrogen-bond acceptors (Lipinski definition) is 7. The third-order valence-electron chi connectivity index (χ3n) is 3.67. The Morgan fingerprint density at radius 2 is 1.83 bits per heavy atom. The second-order valence-corrected chi connectivity index (χ2v) is 5.07. The first kappa shape index (κ1) is 17.0. The van der Waals surface area contributed by atoms with Crippen LogP contribution in [0.5, 0.6) is 0 Å². The Kier molecular flexibility index (Phi) is 5.33. The van der Waals surface area contributed by atoms with Crippen molar-refractivity contribution in [1.82, 2.24) is 0 Å². The Morgan fingerprint density at radius 3 is 2.39 bits per heavy atom. The van der Waals surface area contributed by atoms with E-state index in [1.807, 2.05) is 0 Å². The summed E-state index contributed by atoms with van der Waals surface area (Å²) in [7, 11) is 1.05. The molecule has 7 heteroatoms. The summed E-state index contributed by atoms with van der Waals surface area (Å²) in [5, 5.41) is 10.4. The number of carbonyl (C=O) groups excluding carboxylic acids is 3. The van der Waals surface area contributed by atoms with Crippen LogP contribution in [-0.4, -0.2) is 42.8 Å². The lowest BCUT2D eigenvalue weighted by Crippen LogP contribution is -2.22. The van der Waals surface area contributed by atoms with Crippen LogP contribution in [0.4, 0.5) is 0 Å². The molecule has 1 saturated carbocycles. The fourth-order valence-electron chi connectivity index (χ4n) is 2.49. The van der Waals surface area contributed by atoms with Gasteiger partial charge in [-0.1, -0.05) is 30.3 Å². The average Bonchev–Trinajstić information content (AvgIpc) is 3.28. The molecule has 1 N–H and O–H groups in total. The van der Waals surface area contributed by atoms with E-state index in [0.717, 1.165) is 7.11 Å². The molecule has 0 amide bonds. The van der Waals surface area contributed by atoms with Gasteiger partial charge in [0.2, 0.25) is 0 Å². The molecule has 1 aliphatic rings. The molecule has 1 aromatic carbocycles. The van der Waals surface area contributed by atoms with Gasteiger partial charge in [0.05, 0.1) is 19.8 Å². The zero-order valence-corrected chi connectivity index (χ0v) is 12.8. The Balaban J connectivity index is 2.13. The second kappa shape index (κ2) is 7.23. The Hall–Kier alpha value is -2.41. The van der Waals surface area contributed by atoms with Crippen LogP contribution in [0.1, 0.15) is 18.6 Å². The van der Waals surface area contributed by atoms with Gasteiger partial charge in [0.15, 0.2) is 0 Å². The molecule has 7 nitrogen and oxygen atoms in total. The van der Waals surface area contributed by atoms with Gasteiger partial charge in [-0.25, -0.2) is 9.59 Å². The monoisotopic (exact) mass is 322 g/mol. The number of hydrogen-bond donors (Lipinski definition) is 1. The van der Waals surface area contributed by atoms with Crippen LogP contribution in [0.2, 0.25) is 0 Å². The highest BCUT2D eigenvalue weighted by Crippen LogP contribution is 2.50. The van der Waals surface area contributed by atoms with Gasteiger partial charge in [-0.05, 0) is 12.5 Å². The molecule has 0 unspecified atom stereocenters. The summed E-state index contributed by atoms with van der Waals surface area (Å²) in [6, 6.07) is 8.68. The van der Waals surface area contributed by atoms with Crippen LogP contribution in [0.15, 0.2) is 30.3 Å². The number of methoxy groups -OCH3 is 1. The minimum absolute atomic E-state index is 0.168. The maximum absolute atomic E-state index is 11.9. The maximum Gasteiger partial charge on any atom is 0.417 e. The van der Waals surface area contributed by atoms with Gasteiger partial charge < -0.3 is 19.3 Å². The summed E-state index contributed by atoms with van der Waals surface area (Å²) in [5.41, 5.74) is 0.586. The van der Waals surface area contributed by atoms with E-state index in [4.69, 9.17) is 9.47 Å². The molecule has 2 rings (SSSR count). The van der Waals surface area contributed by atoms with Crippen molar-refractivity contribution in [3.05, 3.63) is 35.9 Å². The molecule has 0 heterocycles. The molecule has 0 spiro atoms. The van der Waals surface area contributed by atoms with Gasteiger partial charge in [0, 0.05) is 5.92 Å². The van der Waals surface area contributed by atoms with Crippen molar-refractivity contribution in [1.29, 1.82) is 0 Å². The third kappa shape index (κ3) is 3.68. The summed E-state index contributed by atoms with van der Waals surface area (Å²) in [6.07, 6.45) is -1.93. The average molecular weight is 322 g/mol.